The summed E-state index contributed by atoms with van der Waals surface area (Å²) in [5, 5.41) is 0. The van der Waals surface area contributed by atoms with Gasteiger partial charge in [-0.2, -0.15) is 0 Å². The lowest BCUT2D eigenvalue weighted by molar-refractivity contribution is -0.136. The van der Waals surface area contributed by atoms with Gasteiger partial charge in [0, 0.05) is 0 Å². The van der Waals surface area contributed by atoms with Crippen LogP contribution in [0.3, 0.4) is 0 Å². The van der Waals surface area contributed by atoms with Crippen molar-refractivity contribution in [2.75, 3.05) is 13.2 Å². The number of hydrogen-bond donors (Lipinski definition) is 0. The summed E-state index contributed by atoms with van der Waals surface area (Å²) in [5.74, 6) is -1.19. The van der Waals surface area contributed by atoms with E-state index >= 15 is 0 Å². The molecule has 1 aliphatic heterocycles. The molecule has 1 fully saturated rings. The minimum absolute atomic E-state index is 0.0391. The molecule has 5 heteroatoms. The zero-order chi connectivity index (χ0) is 10.8. The fraction of sp³-hybridized carbons (Fsp3) is 0.400. The third-order valence-corrected chi connectivity index (χ3v) is 2.82. The van der Waals surface area contributed by atoms with Crippen molar-refractivity contribution in [3.05, 3.63) is 33.8 Å². The molecule has 15 heavy (non-hydrogen) atoms. The molecule has 0 saturated carbocycles. The molecule has 1 aliphatic rings. The second-order valence-electron chi connectivity index (χ2n) is 3.29. The zero-order valence-electron chi connectivity index (χ0n) is 7.80. The summed E-state index contributed by atoms with van der Waals surface area (Å²) in [5.41, 5.74) is -0.0451. The van der Waals surface area contributed by atoms with Crippen LogP contribution in [0, 0.1) is 11.6 Å². The Hall–Kier alpha value is -0.520. The smallest absolute Gasteiger partial charge is 0.145 e. The van der Waals surface area contributed by atoms with Crippen LogP contribution in [-0.2, 0) is 16.1 Å². The van der Waals surface area contributed by atoms with Gasteiger partial charge in [-0.25, -0.2) is 8.78 Å². The topological polar surface area (TPSA) is 18.5 Å². The molecule has 0 bridgehead atoms. The lowest BCUT2D eigenvalue weighted by Gasteiger charge is -2.26. The van der Waals surface area contributed by atoms with E-state index in [0.29, 0.717) is 13.2 Å². The van der Waals surface area contributed by atoms with E-state index in [0.717, 1.165) is 0 Å². The van der Waals surface area contributed by atoms with Crippen LogP contribution in [0.4, 0.5) is 8.78 Å². The summed E-state index contributed by atoms with van der Waals surface area (Å²) >= 11 is 3.00. The van der Waals surface area contributed by atoms with Gasteiger partial charge in [0.15, 0.2) is 0 Å². The molecular weight excluding hydrogens is 270 g/mol. The average Bonchev–Trinajstić information content (AvgIpc) is 2.15. The van der Waals surface area contributed by atoms with Gasteiger partial charge in [0.2, 0.25) is 0 Å². The van der Waals surface area contributed by atoms with E-state index in [2.05, 4.69) is 15.9 Å². The summed E-state index contributed by atoms with van der Waals surface area (Å²) in [6, 6.07) is 2.55. The van der Waals surface area contributed by atoms with Gasteiger partial charge in [0.1, 0.15) is 17.7 Å². The molecule has 1 heterocycles. The third kappa shape index (κ3) is 2.35. The molecule has 0 radical (unpaired) electrons. The fourth-order valence-electron chi connectivity index (χ4n) is 1.21. The molecule has 0 amide bonds. The predicted molar refractivity (Wildman–Crippen MR) is 53.5 cm³/mol. The van der Waals surface area contributed by atoms with Crippen LogP contribution in [0.15, 0.2) is 16.6 Å². The minimum Gasteiger partial charge on any atom is -0.376 e. The second kappa shape index (κ2) is 4.55. The van der Waals surface area contributed by atoms with E-state index in [1.54, 1.807) is 0 Å². The summed E-state index contributed by atoms with van der Waals surface area (Å²) in [7, 11) is 0. The summed E-state index contributed by atoms with van der Waals surface area (Å²) in [6.45, 7) is 0.930. The van der Waals surface area contributed by atoms with Crippen molar-refractivity contribution in [2.24, 2.45) is 0 Å². The Balaban J connectivity index is 2.08. The van der Waals surface area contributed by atoms with Gasteiger partial charge in [0.25, 0.3) is 0 Å². The standard InChI is InChI=1S/C10H9BrF2O2/c11-8-1-2-9(12)7(10(8)13)5-15-6-3-14-4-6/h1-2,6H,3-5H2. The summed E-state index contributed by atoms with van der Waals surface area (Å²) in [4.78, 5) is 0. The lowest BCUT2D eigenvalue weighted by atomic mass is 10.2. The van der Waals surface area contributed by atoms with Crippen molar-refractivity contribution < 1.29 is 18.3 Å². The van der Waals surface area contributed by atoms with Crippen LogP contribution in [0.25, 0.3) is 0 Å². The van der Waals surface area contributed by atoms with Crippen molar-refractivity contribution in [3.63, 3.8) is 0 Å². The van der Waals surface area contributed by atoms with Gasteiger partial charge in [-0.15, -0.1) is 0 Å². The van der Waals surface area contributed by atoms with E-state index in [9.17, 15) is 8.78 Å². The molecule has 0 atom stereocenters. The van der Waals surface area contributed by atoms with Crippen molar-refractivity contribution in [2.45, 2.75) is 12.7 Å². The second-order valence-corrected chi connectivity index (χ2v) is 4.15. The number of halogens is 3. The van der Waals surface area contributed by atoms with Crippen molar-refractivity contribution in [3.8, 4) is 0 Å². The Labute approximate surface area is 94.3 Å². The Bertz CT molecular complexity index is 367. The van der Waals surface area contributed by atoms with Gasteiger partial charge in [-0.1, -0.05) is 0 Å². The highest BCUT2D eigenvalue weighted by molar-refractivity contribution is 9.10. The molecule has 82 valence electrons. The van der Waals surface area contributed by atoms with Gasteiger partial charge < -0.3 is 9.47 Å². The van der Waals surface area contributed by atoms with Gasteiger partial charge in [0.05, 0.1) is 29.9 Å². The molecule has 0 spiro atoms. The van der Waals surface area contributed by atoms with Gasteiger partial charge in [-0.3, -0.25) is 0 Å². The predicted octanol–water partition coefficient (Wildman–Crippen LogP) is 2.64. The third-order valence-electron chi connectivity index (χ3n) is 2.21. The number of benzene rings is 1. The molecule has 1 saturated heterocycles. The molecule has 0 unspecified atom stereocenters. The summed E-state index contributed by atoms with van der Waals surface area (Å²) in [6.07, 6.45) is -0.0391. The average molecular weight is 279 g/mol. The monoisotopic (exact) mass is 278 g/mol. The summed E-state index contributed by atoms with van der Waals surface area (Å²) < 4.78 is 37.1. The molecule has 0 N–H and O–H groups in total. The van der Waals surface area contributed by atoms with Crippen LogP contribution in [0.5, 0.6) is 0 Å². The molecule has 0 aliphatic carbocycles. The maximum atomic E-state index is 13.4. The van der Waals surface area contributed by atoms with Crippen LogP contribution in [-0.4, -0.2) is 19.3 Å². The molecule has 0 aromatic heterocycles. The first-order valence-corrected chi connectivity index (χ1v) is 5.29. The first-order valence-electron chi connectivity index (χ1n) is 4.50. The number of rotatable bonds is 3. The maximum Gasteiger partial charge on any atom is 0.145 e. The highest BCUT2D eigenvalue weighted by Crippen LogP contribution is 2.23. The van der Waals surface area contributed by atoms with E-state index < -0.39 is 11.6 Å². The van der Waals surface area contributed by atoms with Crippen molar-refractivity contribution in [1.82, 2.24) is 0 Å². The highest BCUT2D eigenvalue weighted by Gasteiger charge is 2.21. The molecule has 1 aromatic rings. The quantitative estimate of drug-likeness (QED) is 0.792. The van der Waals surface area contributed by atoms with Crippen LogP contribution in [0.1, 0.15) is 5.56 Å². The number of ether oxygens (including phenoxy) is 2. The fourth-order valence-corrected chi connectivity index (χ4v) is 1.58. The van der Waals surface area contributed by atoms with E-state index in [-0.39, 0.29) is 22.7 Å². The minimum atomic E-state index is -0.602. The highest BCUT2D eigenvalue weighted by atomic mass is 79.9. The van der Waals surface area contributed by atoms with Crippen LogP contribution in [0.2, 0.25) is 0 Å². The van der Waals surface area contributed by atoms with Gasteiger partial charge in [-0.05, 0) is 28.1 Å². The van der Waals surface area contributed by atoms with Gasteiger partial charge >= 0.3 is 0 Å². The largest absolute Gasteiger partial charge is 0.376 e. The normalized spacial score (nSPS) is 16.5. The molecule has 2 nitrogen and oxygen atoms in total. The Kier molecular flexibility index (Phi) is 3.33. The van der Waals surface area contributed by atoms with Crippen molar-refractivity contribution in [1.29, 1.82) is 0 Å². The maximum absolute atomic E-state index is 13.4. The van der Waals surface area contributed by atoms with Crippen LogP contribution >= 0.6 is 15.9 Å². The van der Waals surface area contributed by atoms with E-state index in [1.165, 1.54) is 12.1 Å². The molecular formula is C10H9BrF2O2. The Morgan fingerprint density at radius 3 is 2.73 bits per heavy atom. The lowest BCUT2D eigenvalue weighted by Crippen LogP contribution is -2.36. The van der Waals surface area contributed by atoms with E-state index in [4.69, 9.17) is 9.47 Å². The Morgan fingerprint density at radius 1 is 1.40 bits per heavy atom. The Morgan fingerprint density at radius 2 is 2.13 bits per heavy atom. The number of hydrogen-bond acceptors (Lipinski definition) is 2. The SMILES string of the molecule is Fc1ccc(Br)c(F)c1COC1COC1. The first kappa shape index (κ1) is 11.0. The molecule has 2 rings (SSSR count). The first-order chi connectivity index (χ1) is 7.18. The van der Waals surface area contributed by atoms with Crippen LogP contribution < -0.4 is 0 Å². The van der Waals surface area contributed by atoms with E-state index in [1.807, 2.05) is 0 Å². The molecule has 1 aromatic carbocycles. The van der Waals surface area contributed by atoms with Crippen molar-refractivity contribution >= 4 is 15.9 Å². The zero-order valence-corrected chi connectivity index (χ0v) is 9.39.